The Morgan fingerprint density at radius 1 is 1.13 bits per heavy atom. The minimum atomic E-state index is -0.467. The molecule has 0 heterocycles. The number of Topliss-reactive ketones (excluding diaryl/α,β-unsaturated/α-hetero) is 1. The molecule has 0 N–H and O–H groups in total. The van der Waals surface area contributed by atoms with Gasteiger partial charge in [-0.1, -0.05) is 30.8 Å². The summed E-state index contributed by atoms with van der Waals surface area (Å²) < 4.78 is 4.54. The second-order valence-electron chi connectivity index (χ2n) is 3.10. The largest absolute Gasteiger partial charge is 0.465 e. The van der Waals surface area contributed by atoms with Crippen LogP contribution in [-0.2, 0) is 9.53 Å². The lowest BCUT2D eigenvalue weighted by molar-refractivity contribution is -0.133. The first-order chi connectivity index (χ1) is 7.06. The van der Waals surface area contributed by atoms with E-state index in [0.29, 0.717) is 11.1 Å². The number of ketones is 1. The number of esters is 1. The molecule has 3 heteroatoms. The monoisotopic (exact) mass is 204 g/mol. The zero-order valence-electron chi connectivity index (χ0n) is 8.74. The van der Waals surface area contributed by atoms with Crippen molar-refractivity contribution in [1.82, 2.24) is 0 Å². The summed E-state index contributed by atoms with van der Waals surface area (Å²) in [5.74, 6) is -0.476. The van der Waals surface area contributed by atoms with Gasteiger partial charge in [0.15, 0.2) is 5.78 Å². The molecule has 0 saturated heterocycles. The predicted octanol–water partition coefficient (Wildman–Crippen LogP) is 2.08. The molecular weight excluding hydrogens is 192 g/mol. The first kappa shape index (κ1) is 11.2. The van der Waals surface area contributed by atoms with Crippen molar-refractivity contribution in [1.29, 1.82) is 0 Å². The van der Waals surface area contributed by atoms with Gasteiger partial charge in [0.05, 0.1) is 12.7 Å². The Bertz CT molecular complexity index is 401. The molecule has 1 rings (SSSR count). The summed E-state index contributed by atoms with van der Waals surface area (Å²) in [5, 5.41) is 0. The third-order valence-electron chi connectivity index (χ3n) is 2.07. The van der Waals surface area contributed by atoms with Crippen LogP contribution in [0, 0.1) is 0 Å². The van der Waals surface area contributed by atoms with E-state index < -0.39 is 5.97 Å². The summed E-state index contributed by atoms with van der Waals surface area (Å²) in [6, 6.07) is 6.67. The molecule has 0 amide bonds. The van der Waals surface area contributed by atoms with E-state index in [-0.39, 0.29) is 11.4 Å². The average molecular weight is 204 g/mol. The third kappa shape index (κ3) is 2.53. The molecule has 0 radical (unpaired) electrons. The number of ether oxygens (including phenoxy) is 1. The first-order valence-corrected chi connectivity index (χ1v) is 4.45. The third-order valence-corrected chi connectivity index (χ3v) is 2.07. The maximum atomic E-state index is 11.1. The van der Waals surface area contributed by atoms with Crippen molar-refractivity contribution in [3.8, 4) is 0 Å². The molecule has 1 aromatic rings. The van der Waals surface area contributed by atoms with Crippen molar-refractivity contribution >= 4 is 17.3 Å². The Labute approximate surface area is 88.4 Å². The van der Waals surface area contributed by atoms with E-state index >= 15 is 0 Å². The number of benzene rings is 1. The van der Waals surface area contributed by atoms with Crippen molar-refractivity contribution in [3.05, 3.63) is 42.0 Å². The predicted molar refractivity (Wildman–Crippen MR) is 57.5 cm³/mol. The summed E-state index contributed by atoms with van der Waals surface area (Å²) in [4.78, 5) is 22.1. The van der Waals surface area contributed by atoms with Crippen LogP contribution in [0.25, 0.3) is 5.57 Å². The van der Waals surface area contributed by atoms with Gasteiger partial charge in [-0.05, 0) is 12.5 Å². The van der Waals surface area contributed by atoms with Gasteiger partial charge in [-0.2, -0.15) is 0 Å². The molecule has 3 nitrogen and oxygen atoms in total. The highest BCUT2D eigenvalue weighted by atomic mass is 16.5. The Morgan fingerprint density at radius 2 is 1.60 bits per heavy atom. The van der Waals surface area contributed by atoms with Crippen molar-refractivity contribution in [3.63, 3.8) is 0 Å². The molecule has 0 spiro atoms. The van der Waals surface area contributed by atoms with E-state index in [1.54, 1.807) is 24.3 Å². The van der Waals surface area contributed by atoms with Crippen LogP contribution in [0.2, 0.25) is 0 Å². The smallest absolute Gasteiger partial charge is 0.337 e. The normalized spacial score (nSPS) is 9.47. The molecule has 0 aliphatic heterocycles. The molecule has 0 aliphatic carbocycles. The van der Waals surface area contributed by atoms with Crippen molar-refractivity contribution in [2.24, 2.45) is 0 Å². The molecule has 0 atom stereocenters. The standard InChI is InChI=1S/C12H12O3/c1-8(12(14)15-3)10-4-6-11(7-5-10)9(2)13/h4-7H,1H2,2-3H3. The Kier molecular flexibility index (Phi) is 3.39. The molecule has 0 aliphatic rings. The molecule has 15 heavy (non-hydrogen) atoms. The van der Waals surface area contributed by atoms with Gasteiger partial charge >= 0.3 is 5.97 Å². The van der Waals surface area contributed by atoms with Crippen molar-refractivity contribution < 1.29 is 14.3 Å². The molecule has 0 saturated carbocycles. The van der Waals surface area contributed by atoms with Gasteiger partial charge in [0.2, 0.25) is 0 Å². The highest BCUT2D eigenvalue weighted by Crippen LogP contribution is 2.14. The van der Waals surface area contributed by atoms with Crippen LogP contribution < -0.4 is 0 Å². The van der Waals surface area contributed by atoms with Gasteiger partial charge < -0.3 is 4.74 Å². The fraction of sp³-hybridized carbons (Fsp3) is 0.167. The van der Waals surface area contributed by atoms with E-state index in [9.17, 15) is 9.59 Å². The topological polar surface area (TPSA) is 43.4 Å². The van der Waals surface area contributed by atoms with Crippen LogP contribution in [0.1, 0.15) is 22.8 Å². The van der Waals surface area contributed by atoms with Crippen LogP contribution in [0.15, 0.2) is 30.8 Å². The van der Waals surface area contributed by atoms with Crippen molar-refractivity contribution in [2.75, 3.05) is 7.11 Å². The lowest BCUT2D eigenvalue weighted by Gasteiger charge is -2.03. The van der Waals surface area contributed by atoms with Gasteiger partial charge in [0.25, 0.3) is 0 Å². The minimum Gasteiger partial charge on any atom is -0.465 e. The second kappa shape index (κ2) is 4.55. The summed E-state index contributed by atoms with van der Waals surface area (Å²) in [5.41, 5.74) is 1.55. The fourth-order valence-corrected chi connectivity index (χ4v) is 1.15. The number of methoxy groups -OCH3 is 1. The first-order valence-electron chi connectivity index (χ1n) is 4.45. The van der Waals surface area contributed by atoms with E-state index in [1.807, 2.05) is 0 Å². The summed E-state index contributed by atoms with van der Waals surface area (Å²) in [6.07, 6.45) is 0. The molecule has 0 bridgehead atoms. The van der Waals surface area contributed by atoms with Gasteiger partial charge in [-0.15, -0.1) is 0 Å². The Hall–Kier alpha value is -1.90. The average Bonchev–Trinajstić information content (AvgIpc) is 2.27. The number of hydrogen-bond acceptors (Lipinski definition) is 3. The van der Waals surface area contributed by atoms with Gasteiger partial charge in [0, 0.05) is 5.56 Å². The van der Waals surface area contributed by atoms with Crippen LogP contribution >= 0.6 is 0 Å². The number of rotatable bonds is 3. The van der Waals surface area contributed by atoms with Crippen LogP contribution in [0.5, 0.6) is 0 Å². The molecular formula is C12H12O3. The Morgan fingerprint density at radius 3 is 2.00 bits per heavy atom. The second-order valence-corrected chi connectivity index (χ2v) is 3.10. The molecule has 1 aromatic carbocycles. The van der Waals surface area contributed by atoms with Crippen LogP contribution in [0.3, 0.4) is 0 Å². The van der Waals surface area contributed by atoms with Gasteiger partial charge in [-0.3, -0.25) is 4.79 Å². The van der Waals surface area contributed by atoms with Crippen LogP contribution in [0.4, 0.5) is 0 Å². The maximum Gasteiger partial charge on any atom is 0.337 e. The molecule has 0 fully saturated rings. The molecule has 0 aromatic heterocycles. The van der Waals surface area contributed by atoms with E-state index in [2.05, 4.69) is 11.3 Å². The zero-order chi connectivity index (χ0) is 11.4. The maximum absolute atomic E-state index is 11.1. The van der Waals surface area contributed by atoms with E-state index in [1.165, 1.54) is 14.0 Å². The van der Waals surface area contributed by atoms with E-state index in [4.69, 9.17) is 0 Å². The van der Waals surface area contributed by atoms with Gasteiger partial charge in [0.1, 0.15) is 0 Å². The fourth-order valence-electron chi connectivity index (χ4n) is 1.15. The summed E-state index contributed by atoms with van der Waals surface area (Å²) in [6.45, 7) is 5.10. The SMILES string of the molecule is C=C(C(=O)OC)c1ccc(C(C)=O)cc1. The van der Waals surface area contributed by atoms with E-state index in [0.717, 1.165) is 0 Å². The number of carbonyl (C=O) groups is 2. The Balaban J connectivity index is 2.94. The molecule has 0 unspecified atom stereocenters. The minimum absolute atomic E-state index is 0.00905. The summed E-state index contributed by atoms with van der Waals surface area (Å²) in [7, 11) is 1.30. The zero-order valence-corrected chi connectivity index (χ0v) is 8.74. The highest BCUT2D eigenvalue weighted by molar-refractivity contribution is 6.15. The summed E-state index contributed by atoms with van der Waals surface area (Å²) >= 11 is 0. The molecule has 78 valence electrons. The van der Waals surface area contributed by atoms with Gasteiger partial charge in [-0.25, -0.2) is 4.79 Å². The lowest BCUT2D eigenvalue weighted by atomic mass is 10.0. The van der Waals surface area contributed by atoms with Crippen LogP contribution in [-0.4, -0.2) is 18.9 Å². The van der Waals surface area contributed by atoms with Crippen molar-refractivity contribution in [2.45, 2.75) is 6.92 Å². The quantitative estimate of drug-likeness (QED) is 0.430. The number of hydrogen-bond donors (Lipinski definition) is 0. The number of carbonyl (C=O) groups excluding carboxylic acids is 2. The highest BCUT2D eigenvalue weighted by Gasteiger charge is 2.09. The lowest BCUT2D eigenvalue weighted by Crippen LogP contribution is -2.02.